The fourth-order valence-electron chi connectivity index (χ4n) is 0.809. The molecule has 0 aliphatic heterocycles. The highest BCUT2D eigenvalue weighted by Gasteiger charge is 1.90. The smallest absolute Gasteiger partial charge is 0.331 e. The van der Waals surface area contributed by atoms with Crippen molar-refractivity contribution < 1.29 is 9.53 Å². The third-order valence-electron chi connectivity index (χ3n) is 1.50. The maximum Gasteiger partial charge on any atom is 0.331 e. The number of rotatable bonds is 5. The number of hydrogen-bond acceptors (Lipinski definition) is 5. The van der Waals surface area contributed by atoms with Gasteiger partial charge in [0.05, 0.1) is 19.9 Å². The number of aromatic nitrogens is 3. The molecule has 0 unspecified atom stereocenters. The van der Waals surface area contributed by atoms with E-state index in [2.05, 4.69) is 20.4 Å². The molecular formula is C8H12N4O2. The van der Waals surface area contributed by atoms with Crippen molar-refractivity contribution in [2.24, 2.45) is 0 Å². The number of ether oxygens (including phenoxy) is 1. The van der Waals surface area contributed by atoms with Crippen LogP contribution in [-0.4, -0.2) is 34.6 Å². The Morgan fingerprint density at radius 1 is 1.71 bits per heavy atom. The van der Waals surface area contributed by atoms with E-state index in [9.17, 15) is 4.79 Å². The second-order valence-corrected chi connectivity index (χ2v) is 2.48. The Kier molecular flexibility index (Phi) is 4.19. The maximum atomic E-state index is 10.6. The minimum Gasteiger partial charge on any atom is -0.466 e. The molecule has 0 aliphatic carbocycles. The van der Waals surface area contributed by atoms with Crippen LogP contribution in [0, 0.1) is 0 Å². The van der Waals surface area contributed by atoms with Crippen LogP contribution < -0.4 is 5.32 Å². The molecule has 0 spiro atoms. The van der Waals surface area contributed by atoms with Crippen molar-refractivity contribution in [3.8, 4) is 0 Å². The van der Waals surface area contributed by atoms with Crippen molar-refractivity contribution in [1.29, 1.82) is 0 Å². The summed E-state index contributed by atoms with van der Waals surface area (Å²) in [5.41, 5.74) is 0. The molecule has 6 heteroatoms. The summed E-state index contributed by atoms with van der Waals surface area (Å²) < 4.78 is 6.10. The van der Waals surface area contributed by atoms with Crippen molar-refractivity contribution >= 4 is 5.97 Å². The van der Waals surface area contributed by atoms with Gasteiger partial charge in [-0.3, -0.25) is 4.68 Å². The summed E-state index contributed by atoms with van der Waals surface area (Å²) in [6, 6.07) is 0. The van der Waals surface area contributed by atoms with E-state index in [-0.39, 0.29) is 5.97 Å². The van der Waals surface area contributed by atoms with Gasteiger partial charge < -0.3 is 10.1 Å². The van der Waals surface area contributed by atoms with Crippen LogP contribution in [-0.2, 0) is 16.1 Å². The lowest BCUT2D eigenvalue weighted by Crippen LogP contribution is -2.15. The van der Waals surface area contributed by atoms with Crippen LogP contribution >= 0.6 is 0 Å². The molecular weight excluding hydrogens is 184 g/mol. The van der Waals surface area contributed by atoms with E-state index < -0.39 is 0 Å². The average molecular weight is 196 g/mol. The molecule has 1 heterocycles. The first-order valence-corrected chi connectivity index (χ1v) is 4.15. The first-order chi connectivity index (χ1) is 6.83. The SMILES string of the molecule is COC(=O)/C=C/NCCn1ccnn1. The van der Waals surface area contributed by atoms with Gasteiger partial charge in [-0.05, 0) is 0 Å². The molecule has 0 radical (unpaired) electrons. The lowest BCUT2D eigenvalue weighted by Gasteiger charge is -1.99. The topological polar surface area (TPSA) is 69.0 Å². The summed E-state index contributed by atoms with van der Waals surface area (Å²) in [4.78, 5) is 10.6. The van der Waals surface area contributed by atoms with E-state index in [1.165, 1.54) is 13.2 Å². The number of methoxy groups -OCH3 is 1. The highest BCUT2D eigenvalue weighted by molar-refractivity contribution is 5.81. The summed E-state index contributed by atoms with van der Waals surface area (Å²) >= 11 is 0. The molecule has 0 saturated carbocycles. The minimum absolute atomic E-state index is 0.377. The van der Waals surface area contributed by atoms with Gasteiger partial charge in [0.2, 0.25) is 0 Å². The molecule has 1 N–H and O–H groups in total. The quantitative estimate of drug-likeness (QED) is 0.392. The molecule has 0 atom stereocenters. The van der Waals surface area contributed by atoms with Crippen LogP contribution in [0.5, 0.6) is 0 Å². The zero-order valence-corrected chi connectivity index (χ0v) is 7.88. The molecule has 14 heavy (non-hydrogen) atoms. The zero-order chi connectivity index (χ0) is 10.2. The van der Waals surface area contributed by atoms with Gasteiger partial charge >= 0.3 is 5.97 Å². The second kappa shape index (κ2) is 5.74. The Hall–Kier alpha value is -1.85. The van der Waals surface area contributed by atoms with Gasteiger partial charge in [-0.2, -0.15) is 0 Å². The molecule has 0 fully saturated rings. The van der Waals surface area contributed by atoms with Gasteiger partial charge in [0.1, 0.15) is 0 Å². The minimum atomic E-state index is -0.377. The van der Waals surface area contributed by atoms with E-state index in [4.69, 9.17) is 0 Å². The van der Waals surface area contributed by atoms with E-state index in [0.717, 1.165) is 0 Å². The molecule has 1 aromatic rings. The molecule has 1 rings (SSSR count). The van der Waals surface area contributed by atoms with Gasteiger partial charge in [0.25, 0.3) is 0 Å². The predicted molar refractivity (Wildman–Crippen MR) is 49.2 cm³/mol. The summed E-state index contributed by atoms with van der Waals surface area (Å²) in [5.74, 6) is -0.377. The molecule has 0 saturated heterocycles. The molecule has 1 aromatic heterocycles. The van der Waals surface area contributed by atoms with Crippen molar-refractivity contribution in [1.82, 2.24) is 20.3 Å². The molecule has 0 aliphatic rings. The summed E-state index contributed by atoms with van der Waals surface area (Å²) in [6.07, 6.45) is 6.25. The van der Waals surface area contributed by atoms with Crippen molar-refractivity contribution in [3.63, 3.8) is 0 Å². The fraction of sp³-hybridized carbons (Fsp3) is 0.375. The predicted octanol–water partition coefficient (Wildman–Crippen LogP) is -0.446. The summed E-state index contributed by atoms with van der Waals surface area (Å²) in [7, 11) is 1.34. The molecule has 0 amide bonds. The number of nitrogens with zero attached hydrogens (tertiary/aromatic N) is 3. The van der Waals surface area contributed by atoms with Gasteiger partial charge in [-0.1, -0.05) is 5.21 Å². The van der Waals surface area contributed by atoms with Crippen molar-refractivity contribution in [2.45, 2.75) is 6.54 Å². The Bertz CT molecular complexity index is 294. The number of esters is 1. The van der Waals surface area contributed by atoms with Gasteiger partial charge in [-0.15, -0.1) is 5.10 Å². The first-order valence-electron chi connectivity index (χ1n) is 4.15. The molecule has 0 bridgehead atoms. The Labute approximate surface area is 81.6 Å². The van der Waals surface area contributed by atoms with Crippen LogP contribution in [0.4, 0.5) is 0 Å². The van der Waals surface area contributed by atoms with Crippen molar-refractivity contribution in [3.05, 3.63) is 24.7 Å². The zero-order valence-electron chi connectivity index (χ0n) is 7.88. The lowest BCUT2D eigenvalue weighted by molar-refractivity contribution is -0.134. The number of hydrogen-bond donors (Lipinski definition) is 1. The molecule has 0 aromatic carbocycles. The lowest BCUT2D eigenvalue weighted by atomic mass is 10.5. The van der Waals surface area contributed by atoms with Crippen LogP contribution in [0.2, 0.25) is 0 Å². The monoisotopic (exact) mass is 196 g/mol. The van der Waals surface area contributed by atoms with E-state index in [1.54, 1.807) is 23.3 Å². The molecule has 6 nitrogen and oxygen atoms in total. The number of carbonyl (C=O) groups is 1. The third-order valence-corrected chi connectivity index (χ3v) is 1.50. The van der Waals surface area contributed by atoms with Crippen LogP contribution in [0.15, 0.2) is 24.7 Å². The second-order valence-electron chi connectivity index (χ2n) is 2.48. The van der Waals surface area contributed by atoms with Crippen molar-refractivity contribution in [2.75, 3.05) is 13.7 Å². The molecule has 76 valence electrons. The Morgan fingerprint density at radius 3 is 3.21 bits per heavy atom. The standard InChI is InChI=1S/C8H12N4O2/c1-14-8(13)2-3-9-4-6-12-7-5-10-11-12/h2-3,5,7,9H,4,6H2,1H3/b3-2+. The highest BCUT2D eigenvalue weighted by Crippen LogP contribution is 1.79. The Balaban J connectivity index is 2.10. The number of carbonyl (C=O) groups excluding carboxylic acids is 1. The van der Waals surface area contributed by atoms with E-state index in [0.29, 0.717) is 13.1 Å². The average Bonchev–Trinajstić information content (AvgIpc) is 2.69. The summed E-state index contributed by atoms with van der Waals surface area (Å²) in [5, 5.41) is 10.4. The van der Waals surface area contributed by atoms with E-state index in [1.807, 2.05) is 0 Å². The third kappa shape index (κ3) is 3.70. The normalized spacial score (nSPS) is 10.4. The van der Waals surface area contributed by atoms with Gasteiger partial charge in [0.15, 0.2) is 0 Å². The van der Waals surface area contributed by atoms with Crippen LogP contribution in [0.1, 0.15) is 0 Å². The van der Waals surface area contributed by atoms with Gasteiger partial charge in [-0.25, -0.2) is 4.79 Å². The Morgan fingerprint density at radius 2 is 2.57 bits per heavy atom. The largest absolute Gasteiger partial charge is 0.466 e. The van der Waals surface area contributed by atoms with Crippen LogP contribution in [0.25, 0.3) is 0 Å². The first kappa shape index (κ1) is 10.2. The maximum absolute atomic E-state index is 10.6. The van der Waals surface area contributed by atoms with Crippen LogP contribution in [0.3, 0.4) is 0 Å². The summed E-state index contributed by atoms with van der Waals surface area (Å²) in [6.45, 7) is 1.38. The fourth-order valence-corrected chi connectivity index (χ4v) is 0.809. The van der Waals surface area contributed by atoms with Gasteiger partial charge in [0, 0.05) is 25.0 Å². The highest BCUT2D eigenvalue weighted by atomic mass is 16.5. The number of nitrogens with one attached hydrogen (secondary N) is 1. The van der Waals surface area contributed by atoms with E-state index >= 15 is 0 Å².